The van der Waals surface area contributed by atoms with E-state index in [2.05, 4.69) is 0 Å². The molecule has 98 valence electrons. The van der Waals surface area contributed by atoms with E-state index < -0.39 is 33.4 Å². The van der Waals surface area contributed by atoms with Crippen LogP contribution in [0, 0.1) is 5.92 Å². The topological polar surface area (TPSA) is 112 Å². The maximum absolute atomic E-state index is 11.5. The summed E-state index contributed by atoms with van der Waals surface area (Å²) in [7, 11) is -2.65. The summed E-state index contributed by atoms with van der Waals surface area (Å²) in [5, 5.41) is 18.3. The molecule has 0 aromatic carbocycles. The summed E-state index contributed by atoms with van der Waals surface area (Å²) < 4.78 is 23.6. The zero-order valence-corrected chi connectivity index (χ0v) is 10.4. The van der Waals surface area contributed by atoms with Gasteiger partial charge < -0.3 is 10.2 Å². The van der Waals surface area contributed by atoms with Gasteiger partial charge in [-0.15, -0.1) is 0 Å². The van der Waals surface area contributed by atoms with Crippen LogP contribution in [-0.2, 0) is 19.6 Å². The van der Waals surface area contributed by atoms with Crippen LogP contribution in [0.4, 0.5) is 0 Å². The fourth-order valence-corrected chi connectivity index (χ4v) is 3.27. The van der Waals surface area contributed by atoms with Crippen molar-refractivity contribution in [3.8, 4) is 0 Å². The molecule has 0 radical (unpaired) electrons. The number of nitrogens with zero attached hydrogens (tertiary/aromatic N) is 1. The van der Waals surface area contributed by atoms with Crippen molar-refractivity contribution in [1.82, 2.24) is 4.31 Å². The van der Waals surface area contributed by atoms with Gasteiger partial charge in [-0.1, -0.05) is 0 Å². The second-order valence-corrected chi connectivity index (χ2v) is 6.26. The normalized spacial score (nSPS) is 29.5. The van der Waals surface area contributed by atoms with Gasteiger partial charge in [0.2, 0.25) is 10.0 Å². The smallest absolute Gasteiger partial charge is 0.326 e. The lowest BCUT2D eigenvalue weighted by molar-refractivity contribution is -0.159. The monoisotopic (exact) mass is 265 g/mol. The maximum Gasteiger partial charge on any atom is 0.326 e. The summed E-state index contributed by atoms with van der Waals surface area (Å²) in [4.78, 5) is 22.4. The van der Waals surface area contributed by atoms with Crippen molar-refractivity contribution >= 4 is 22.0 Å². The lowest BCUT2D eigenvalue weighted by atomic mass is 9.87. The minimum absolute atomic E-state index is 0.0167. The van der Waals surface area contributed by atoms with Gasteiger partial charge in [0.05, 0.1) is 12.2 Å². The average Bonchev–Trinajstić information content (AvgIpc) is 2.59. The van der Waals surface area contributed by atoms with Crippen LogP contribution in [0.15, 0.2) is 0 Å². The van der Waals surface area contributed by atoms with E-state index in [1.54, 1.807) is 0 Å². The second kappa shape index (κ2) is 4.26. The van der Waals surface area contributed by atoms with Crippen molar-refractivity contribution < 1.29 is 28.2 Å². The van der Waals surface area contributed by atoms with Gasteiger partial charge in [-0.05, 0) is 19.3 Å². The third-order valence-corrected chi connectivity index (χ3v) is 4.68. The largest absolute Gasteiger partial charge is 0.481 e. The van der Waals surface area contributed by atoms with E-state index in [9.17, 15) is 23.1 Å². The zero-order valence-electron chi connectivity index (χ0n) is 9.58. The highest BCUT2D eigenvalue weighted by molar-refractivity contribution is 7.88. The first-order chi connectivity index (χ1) is 7.64. The number of hydrogen-bond donors (Lipinski definition) is 2. The Kier molecular flexibility index (Phi) is 3.49. The molecule has 2 N–H and O–H groups in total. The summed E-state index contributed by atoms with van der Waals surface area (Å²) in [6.45, 7) is 0. The lowest BCUT2D eigenvalue weighted by Gasteiger charge is -2.36. The molecule has 17 heavy (non-hydrogen) atoms. The highest BCUT2D eigenvalue weighted by Gasteiger charge is 2.58. The Hall–Kier alpha value is -1.15. The molecule has 0 heterocycles. The van der Waals surface area contributed by atoms with Gasteiger partial charge in [-0.3, -0.25) is 9.59 Å². The van der Waals surface area contributed by atoms with E-state index in [0.29, 0.717) is 10.7 Å². The number of hydrogen-bond acceptors (Lipinski definition) is 4. The van der Waals surface area contributed by atoms with Crippen LogP contribution in [0.5, 0.6) is 0 Å². The van der Waals surface area contributed by atoms with Crippen molar-refractivity contribution in [2.45, 2.75) is 24.8 Å². The van der Waals surface area contributed by atoms with Gasteiger partial charge >= 0.3 is 11.9 Å². The highest BCUT2D eigenvalue weighted by atomic mass is 32.2. The fourth-order valence-electron chi connectivity index (χ4n) is 2.38. The molecule has 1 aliphatic rings. The number of likely N-dealkylation sites (N-methyl/N-ethyl adjacent to an activating group) is 1. The van der Waals surface area contributed by atoms with Crippen LogP contribution in [0.1, 0.15) is 19.3 Å². The maximum atomic E-state index is 11.5. The van der Waals surface area contributed by atoms with Crippen LogP contribution >= 0.6 is 0 Å². The molecule has 0 spiro atoms. The molecule has 0 amide bonds. The van der Waals surface area contributed by atoms with Gasteiger partial charge in [0.25, 0.3) is 0 Å². The molecule has 8 heteroatoms. The molecule has 0 aromatic rings. The molecule has 2 unspecified atom stereocenters. The van der Waals surface area contributed by atoms with Crippen LogP contribution in [-0.4, -0.2) is 53.7 Å². The van der Waals surface area contributed by atoms with Crippen molar-refractivity contribution in [2.75, 3.05) is 13.3 Å². The molecule has 7 nitrogen and oxygen atoms in total. The molecule has 2 atom stereocenters. The third kappa shape index (κ3) is 2.14. The lowest BCUT2D eigenvalue weighted by Crippen LogP contribution is -2.59. The third-order valence-electron chi connectivity index (χ3n) is 3.36. The van der Waals surface area contributed by atoms with E-state index in [-0.39, 0.29) is 12.8 Å². The standard InChI is InChI=1S/C9H15NO6S/c1-10(17(2,15)16)9(8(13)14)5-3-4-6(9)7(11)12/h6H,3-5H2,1-2H3,(H,11,12)(H,13,14). The number of sulfonamides is 1. The van der Waals surface area contributed by atoms with E-state index in [1.165, 1.54) is 0 Å². The Labute approximate surface area is 99.1 Å². The average molecular weight is 265 g/mol. The second-order valence-electron chi connectivity index (χ2n) is 4.24. The Bertz CT molecular complexity index is 444. The van der Waals surface area contributed by atoms with Crippen LogP contribution < -0.4 is 0 Å². The molecule has 0 saturated heterocycles. The van der Waals surface area contributed by atoms with E-state index in [1.807, 2.05) is 0 Å². The van der Waals surface area contributed by atoms with Gasteiger partial charge in [0.15, 0.2) is 0 Å². The summed E-state index contributed by atoms with van der Waals surface area (Å²) in [5.41, 5.74) is -1.86. The highest BCUT2D eigenvalue weighted by Crippen LogP contribution is 2.41. The van der Waals surface area contributed by atoms with Crippen molar-refractivity contribution in [2.24, 2.45) is 5.92 Å². The number of carboxylic acid groups (broad SMARTS) is 2. The van der Waals surface area contributed by atoms with Gasteiger partial charge in [0.1, 0.15) is 5.54 Å². The first-order valence-corrected chi connectivity index (χ1v) is 6.89. The Morgan fingerprint density at radius 3 is 2.24 bits per heavy atom. The predicted octanol–water partition coefficient (Wildman–Crippen LogP) is -0.414. The summed E-state index contributed by atoms with van der Waals surface area (Å²) in [6, 6.07) is 0. The van der Waals surface area contributed by atoms with Crippen molar-refractivity contribution in [3.63, 3.8) is 0 Å². The molecular weight excluding hydrogens is 250 g/mol. The summed E-state index contributed by atoms with van der Waals surface area (Å²) >= 11 is 0. The first kappa shape index (κ1) is 13.9. The number of carbonyl (C=O) groups is 2. The molecule has 1 saturated carbocycles. The SMILES string of the molecule is CN(C1(C(=O)O)CCCC1C(=O)O)S(C)(=O)=O. The van der Waals surface area contributed by atoms with Crippen molar-refractivity contribution in [3.05, 3.63) is 0 Å². The Morgan fingerprint density at radius 1 is 1.35 bits per heavy atom. The molecule has 0 bridgehead atoms. The predicted molar refractivity (Wildman–Crippen MR) is 58.0 cm³/mol. The summed E-state index contributed by atoms with van der Waals surface area (Å²) in [5.74, 6) is -3.89. The van der Waals surface area contributed by atoms with E-state index in [0.717, 1.165) is 13.3 Å². The number of carboxylic acids is 2. The molecule has 0 aromatic heterocycles. The molecule has 0 aliphatic heterocycles. The quantitative estimate of drug-likeness (QED) is 0.714. The number of aliphatic carboxylic acids is 2. The zero-order chi connectivity index (χ0) is 13.4. The minimum Gasteiger partial charge on any atom is -0.481 e. The molecule has 1 fully saturated rings. The molecular formula is C9H15NO6S. The van der Waals surface area contributed by atoms with Gasteiger partial charge in [0, 0.05) is 7.05 Å². The van der Waals surface area contributed by atoms with E-state index >= 15 is 0 Å². The fraction of sp³-hybridized carbons (Fsp3) is 0.778. The van der Waals surface area contributed by atoms with Gasteiger partial charge in [-0.25, -0.2) is 8.42 Å². The van der Waals surface area contributed by atoms with Crippen LogP contribution in [0.2, 0.25) is 0 Å². The van der Waals surface area contributed by atoms with Crippen LogP contribution in [0.25, 0.3) is 0 Å². The Morgan fingerprint density at radius 2 is 1.88 bits per heavy atom. The summed E-state index contributed by atoms with van der Waals surface area (Å²) in [6.07, 6.45) is 1.43. The number of rotatable bonds is 4. The van der Waals surface area contributed by atoms with Crippen molar-refractivity contribution in [1.29, 1.82) is 0 Å². The van der Waals surface area contributed by atoms with Crippen LogP contribution in [0.3, 0.4) is 0 Å². The Balaban J connectivity index is 3.33. The molecule has 1 rings (SSSR count). The first-order valence-electron chi connectivity index (χ1n) is 5.04. The minimum atomic E-state index is -3.77. The molecule has 1 aliphatic carbocycles. The van der Waals surface area contributed by atoms with E-state index in [4.69, 9.17) is 5.11 Å². The van der Waals surface area contributed by atoms with Gasteiger partial charge in [-0.2, -0.15) is 4.31 Å².